The van der Waals surface area contributed by atoms with Crippen molar-refractivity contribution in [3.05, 3.63) is 33.8 Å². The van der Waals surface area contributed by atoms with Gasteiger partial charge >= 0.3 is 5.97 Å². The first-order valence-electron chi connectivity index (χ1n) is 4.65. The zero-order valence-corrected chi connectivity index (χ0v) is 9.41. The second-order valence-electron chi connectivity index (χ2n) is 2.94. The van der Waals surface area contributed by atoms with Gasteiger partial charge in [-0.05, 0) is 19.1 Å². The van der Waals surface area contributed by atoms with Gasteiger partial charge in [0.2, 0.25) is 0 Å². The number of benzene rings is 1. The first-order chi connectivity index (χ1) is 7.65. The summed E-state index contributed by atoms with van der Waals surface area (Å²) in [6, 6.07) is 4.74. The summed E-state index contributed by atoms with van der Waals surface area (Å²) >= 11 is 5.91. The van der Waals surface area contributed by atoms with Crippen LogP contribution in [0.4, 0.5) is 0 Å². The third-order valence-electron chi connectivity index (χ3n) is 2.02. The molecular formula is C11H10ClNO3. The van der Waals surface area contributed by atoms with E-state index in [-0.39, 0.29) is 28.3 Å². The zero-order valence-electron chi connectivity index (χ0n) is 8.66. The molecule has 1 N–H and O–H groups in total. The van der Waals surface area contributed by atoms with E-state index in [1.165, 1.54) is 12.1 Å². The van der Waals surface area contributed by atoms with Gasteiger partial charge in [0.25, 0.3) is 0 Å². The maximum atomic E-state index is 11.5. The highest BCUT2D eigenvalue weighted by molar-refractivity contribution is 6.34. The highest BCUT2D eigenvalue weighted by atomic mass is 35.5. The van der Waals surface area contributed by atoms with Crippen LogP contribution in [-0.4, -0.2) is 17.7 Å². The topological polar surface area (TPSA) is 70.3 Å². The number of ether oxygens (including phenoxy) is 1. The average Bonchev–Trinajstić information content (AvgIpc) is 2.28. The second kappa shape index (κ2) is 5.50. The van der Waals surface area contributed by atoms with Crippen molar-refractivity contribution in [3.63, 3.8) is 0 Å². The highest BCUT2D eigenvalue weighted by Crippen LogP contribution is 2.25. The van der Waals surface area contributed by atoms with Crippen molar-refractivity contribution in [1.29, 1.82) is 5.26 Å². The first-order valence-corrected chi connectivity index (χ1v) is 5.03. The molecule has 1 aromatic carbocycles. The third kappa shape index (κ3) is 2.32. The molecule has 4 nitrogen and oxygen atoms in total. The molecule has 0 aliphatic heterocycles. The van der Waals surface area contributed by atoms with Gasteiger partial charge in [-0.1, -0.05) is 11.6 Å². The Morgan fingerprint density at radius 2 is 2.31 bits per heavy atom. The SMILES string of the molecule is CCOC(=O)c1ccc(C#N)c(CO)c1Cl. The van der Waals surface area contributed by atoms with Gasteiger partial charge in [0.1, 0.15) is 0 Å². The molecular weight excluding hydrogens is 230 g/mol. The normalized spacial score (nSPS) is 9.62. The Labute approximate surface area is 98.0 Å². The van der Waals surface area contributed by atoms with E-state index in [0.717, 1.165) is 0 Å². The molecule has 0 aromatic heterocycles. The van der Waals surface area contributed by atoms with Crippen LogP contribution in [-0.2, 0) is 11.3 Å². The van der Waals surface area contributed by atoms with Crippen LogP contribution in [0.3, 0.4) is 0 Å². The molecule has 0 bridgehead atoms. The highest BCUT2D eigenvalue weighted by Gasteiger charge is 2.16. The van der Waals surface area contributed by atoms with E-state index in [1.807, 2.05) is 6.07 Å². The Bertz CT molecular complexity index is 451. The van der Waals surface area contributed by atoms with E-state index >= 15 is 0 Å². The van der Waals surface area contributed by atoms with E-state index in [1.54, 1.807) is 6.92 Å². The predicted octanol–water partition coefficient (Wildman–Crippen LogP) is 1.88. The lowest BCUT2D eigenvalue weighted by atomic mass is 10.1. The minimum Gasteiger partial charge on any atom is -0.462 e. The van der Waals surface area contributed by atoms with Gasteiger partial charge in [0.05, 0.1) is 35.4 Å². The number of halogens is 1. The first kappa shape index (κ1) is 12.5. The van der Waals surface area contributed by atoms with Crippen molar-refractivity contribution in [3.8, 4) is 6.07 Å². The Morgan fingerprint density at radius 1 is 1.62 bits per heavy atom. The Kier molecular flexibility index (Phi) is 4.29. The molecule has 16 heavy (non-hydrogen) atoms. The number of hydrogen-bond donors (Lipinski definition) is 1. The zero-order chi connectivity index (χ0) is 12.1. The molecule has 0 unspecified atom stereocenters. The van der Waals surface area contributed by atoms with Crippen molar-refractivity contribution in [2.45, 2.75) is 13.5 Å². The molecule has 0 amide bonds. The number of nitrogens with zero attached hydrogens (tertiary/aromatic N) is 1. The van der Waals surface area contributed by atoms with E-state index < -0.39 is 12.6 Å². The molecule has 5 heteroatoms. The summed E-state index contributed by atoms with van der Waals surface area (Å²) in [6.07, 6.45) is 0. The summed E-state index contributed by atoms with van der Waals surface area (Å²) in [5.74, 6) is -0.563. The van der Waals surface area contributed by atoms with Gasteiger partial charge in [-0.25, -0.2) is 4.79 Å². The largest absolute Gasteiger partial charge is 0.462 e. The van der Waals surface area contributed by atoms with Crippen LogP contribution in [0.5, 0.6) is 0 Å². The lowest BCUT2D eigenvalue weighted by Gasteiger charge is -2.08. The Hall–Kier alpha value is -1.57. The fraction of sp³-hybridized carbons (Fsp3) is 0.273. The number of rotatable bonds is 3. The van der Waals surface area contributed by atoms with Crippen LogP contribution in [0.1, 0.15) is 28.4 Å². The molecule has 84 valence electrons. The smallest absolute Gasteiger partial charge is 0.339 e. The van der Waals surface area contributed by atoms with Crippen LogP contribution in [0.15, 0.2) is 12.1 Å². The average molecular weight is 240 g/mol. The maximum absolute atomic E-state index is 11.5. The van der Waals surface area contributed by atoms with Gasteiger partial charge in [-0.2, -0.15) is 5.26 Å². The summed E-state index contributed by atoms with van der Waals surface area (Å²) in [7, 11) is 0. The van der Waals surface area contributed by atoms with Gasteiger partial charge < -0.3 is 9.84 Å². The molecule has 0 radical (unpaired) electrons. The minimum absolute atomic E-state index is 0.0694. The number of carbonyl (C=O) groups excluding carboxylic acids is 1. The number of nitriles is 1. The summed E-state index contributed by atoms with van der Waals surface area (Å²) in [5, 5.41) is 17.9. The van der Waals surface area contributed by atoms with Crippen molar-refractivity contribution in [2.75, 3.05) is 6.61 Å². The molecule has 0 aliphatic rings. The second-order valence-corrected chi connectivity index (χ2v) is 3.32. The number of esters is 1. The van der Waals surface area contributed by atoms with Crippen molar-refractivity contribution in [1.82, 2.24) is 0 Å². The number of hydrogen-bond acceptors (Lipinski definition) is 4. The summed E-state index contributed by atoms with van der Waals surface area (Å²) < 4.78 is 4.79. The van der Waals surface area contributed by atoms with Gasteiger partial charge in [-0.3, -0.25) is 0 Å². The number of aliphatic hydroxyl groups is 1. The van der Waals surface area contributed by atoms with Crippen LogP contribution in [0, 0.1) is 11.3 Å². The summed E-state index contributed by atoms with van der Waals surface area (Å²) in [5.41, 5.74) is 0.654. The molecule has 1 rings (SSSR count). The summed E-state index contributed by atoms with van der Waals surface area (Å²) in [6.45, 7) is 1.53. The molecule has 0 heterocycles. The third-order valence-corrected chi connectivity index (χ3v) is 2.45. The van der Waals surface area contributed by atoms with Crippen LogP contribution in [0.25, 0.3) is 0 Å². The quantitative estimate of drug-likeness (QED) is 0.818. The molecule has 1 aromatic rings. The maximum Gasteiger partial charge on any atom is 0.339 e. The molecule has 0 spiro atoms. The predicted molar refractivity (Wildman–Crippen MR) is 58.0 cm³/mol. The molecule has 0 saturated heterocycles. The van der Waals surface area contributed by atoms with Gasteiger partial charge in [0.15, 0.2) is 0 Å². The number of aliphatic hydroxyl groups excluding tert-OH is 1. The molecule has 0 aliphatic carbocycles. The lowest BCUT2D eigenvalue weighted by Crippen LogP contribution is -2.07. The molecule has 0 fully saturated rings. The summed E-state index contributed by atoms with van der Waals surface area (Å²) in [4.78, 5) is 11.5. The molecule has 0 saturated carbocycles. The Morgan fingerprint density at radius 3 is 2.81 bits per heavy atom. The van der Waals surface area contributed by atoms with Crippen LogP contribution < -0.4 is 0 Å². The van der Waals surface area contributed by atoms with Gasteiger partial charge in [0, 0.05) is 5.56 Å². The monoisotopic (exact) mass is 239 g/mol. The van der Waals surface area contributed by atoms with Crippen LogP contribution in [0.2, 0.25) is 5.02 Å². The van der Waals surface area contributed by atoms with Gasteiger partial charge in [-0.15, -0.1) is 0 Å². The lowest BCUT2D eigenvalue weighted by molar-refractivity contribution is 0.0526. The van der Waals surface area contributed by atoms with E-state index in [4.69, 9.17) is 26.7 Å². The van der Waals surface area contributed by atoms with Crippen molar-refractivity contribution < 1.29 is 14.6 Å². The fourth-order valence-corrected chi connectivity index (χ4v) is 1.55. The van der Waals surface area contributed by atoms with Crippen molar-refractivity contribution in [2.24, 2.45) is 0 Å². The Balaban J connectivity index is 3.25. The van der Waals surface area contributed by atoms with E-state index in [9.17, 15) is 4.79 Å². The number of carbonyl (C=O) groups is 1. The standard InChI is InChI=1S/C11H10ClNO3/c1-2-16-11(15)8-4-3-7(5-13)9(6-14)10(8)12/h3-4,14H,2,6H2,1H3. The van der Waals surface area contributed by atoms with E-state index in [2.05, 4.69) is 0 Å². The minimum atomic E-state index is -0.563. The van der Waals surface area contributed by atoms with E-state index in [0.29, 0.717) is 0 Å². The molecule has 0 atom stereocenters. The van der Waals surface area contributed by atoms with Crippen molar-refractivity contribution >= 4 is 17.6 Å². The van der Waals surface area contributed by atoms with Crippen LogP contribution >= 0.6 is 11.6 Å². The fourth-order valence-electron chi connectivity index (χ4n) is 1.25.